The van der Waals surface area contributed by atoms with E-state index in [9.17, 15) is 9.59 Å². The van der Waals surface area contributed by atoms with Crippen LogP contribution in [0.15, 0.2) is 34.2 Å². The molecule has 5 nitrogen and oxygen atoms in total. The van der Waals surface area contributed by atoms with Crippen LogP contribution in [0.3, 0.4) is 0 Å². The van der Waals surface area contributed by atoms with Crippen molar-refractivity contribution in [2.24, 2.45) is 11.8 Å². The molecule has 0 bridgehead atoms. The molecule has 1 amide bonds. The van der Waals surface area contributed by atoms with Crippen LogP contribution in [-0.2, 0) is 4.79 Å². The first-order valence-corrected chi connectivity index (χ1v) is 11.4. The number of carbonyl (C=O) groups is 1. The average molecular weight is 400 g/mol. The predicted molar refractivity (Wildman–Crippen MR) is 114 cm³/mol. The maximum atomic E-state index is 13.2. The standard InChI is InChI=1S/C22H29N3O2S/c1-15-11-16(2)13-24(12-15)20(26)14-28-22-23-19-10-6-5-9-18(19)21(27)25(22)17-7-3-4-8-17/h5-6,9-10,15-17H,3-4,7-8,11-14H2,1-2H3/t15-,16-/m1/s1. The zero-order chi connectivity index (χ0) is 19.7. The summed E-state index contributed by atoms with van der Waals surface area (Å²) in [5, 5.41) is 1.37. The Bertz CT molecular complexity index is 910. The van der Waals surface area contributed by atoms with Crippen molar-refractivity contribution >= 4 is 28.6 Å². The van der Waals surface area contributed by atoms with E-state index in [1.165, 1.54) is 18.2 Å². The third-order valence-corrected chi connectivity index (χ3v) is 6.95. The fraction of sp³-hybridized carbons (Fsp3) is 0.591. The zero-order valence-electron chi connectivity index (χ0n) is 16.8. The van der Waals surface area contributed by atoms with Gasteiger partial charge >= 0.3 is 0 Å². The van der Waals surface area contributed by atoms with Gasteiger partial charge in [-0.25, -0.2) is 4.98 Å². The lowest BCUT2D eigenvalue weighted by atomic mass is 9.92. The number of aromatic nitrogens is 2. The normalized spacial score (nSPS) is 23.4. The number of thioether (sulfide) groups is 1. The van der Waals surface area contributed by atoms with Crippen molar-refractivity contribution in [1.29, 1.82) is 0 Å². The summed E-state index contributed by atoms with van der Waals surface area (Å²) in [6, 6.07) is 7.74. The number of benzene rings is 1. The van der Waals surface area contributed by atoms with Crippen LogP contribution < -0.4 is 5.56 Å². The Morgan fingerprint density at radius 3 is 2.54 bits per heavy atom. The quantitative estimate of drug-likeness (QED) is 0.573. The lowest BCUT2D eigenvalue weighted by Gasteiger charge is -2.35. The molecule has 28 heavy (non-hydrogen) atoms. The number of hydrogen-bond acceptors (Lipinski definition) is 4. The molecule has 2 aromatic rings. The highest BCUT2D eigenvalue weighted by Gasteiger charge is 2.27. The number of fused-ring (bicyclic) bond motifs is 1. The summed E-state index contributed by atoms with van der Waals surface area (Å²) in [4.78, 5) is 32.8. The summed E-state index contributed by atoms with van der Waals surface area (Å²) in [7, 11) is 0. The first kappa shape index (κ1) is 19.5. The molecule has 2 aliphatic rings. The second-order valence-electron chi connectivity index (χ2n) is 8.56. The fourth-order valence-electron chi connectivity index (χ4n) is 4.80. The smallest absolute Gasteiger partial charge is 0.262 e. The van der Waals surface area contributed by atoms with E-state index < -0.39 is 0 Å². The minimum absolute atomic E-state index is 0.0349. The van der Waals surface area contributed by atoms with E-state index >= 15 is 0 Å². The number of carbonyl (C=O) groups excluding carboxylic acids is 1. The maximum Gasteiger partial charge on any atom is 0.262 e. The Balaban J connectivity index is 1.59. The van der Waals surface area contributed by atoms with Crippen molar-refractivity contribution in [3.63, 3.8) is 0 Å². The van der Waals surface area contributed by atoms with Crippen molar-refractivity contribution in [2.45, 2.75) is 57.1 Å². The molecule has 0 unspecified atom stereocenters. The van der Waals surface area contributed by atoms with Gasteiger partial charge in [0, 0.05) is 19.1 Å². The monoisotopic (exact) mass is 399 g/mol. The van der Waals surface area contributed by atoms with E-state index in [0.717, 1.165) is 44.3 Å². The molecule has 2 fully saturated rings. The molecule has 1 aliphatic heterocycles. The van der Waals surface area contributed by atoms with Gasteiger partial charge in [0.15, 0.2) is 5.16 Å². The largest absolute Gasteiger partial charge is 0.341 e. The zero-order valence-corrected chi connectivity index (χ0v) is 17.6. The van der Waals surface area contributed by atoms with Crippen molar-refractivity contribution in [3.05, 3.63) is 34.6 Å². The predicted octanol–water partition coefficient (Wildman–Crippen LogP) is 4.11. The number of rotatable bonds is 4. The molecule has 4 rings (SSSR count). The molecular weight excluding hydrogens is 370 g/mol. The summed E-state index contributed by atoms with van der Waals surface area (Å²) in [6.45, 7) is 6.10. The van der Waals surface area contributed by atoms with Gasteiger partial charge in [-0.1, -0.05) is 50.6 Å². The Labute approximate surface area is 170 Å². The summed E-state index contributed by atoms with van der Waals surface area (Å²) in [6.07, 6.45) is 5.52. The summed E-state index contributed by atoms with van der Waals surface area (Å²) in [5.41, 5.74) is 0.754. The highest BCUT2D eigenvalue weighted by atomic mass is 32.2. The van der Waals surface area contributed by atoms with Crippen LogP contribution >= 0.6 is 11.8 Å². The Morgan fingerprint density at radius 2 is 1.82 bits per heavy atom. The van der Waals surface area contributed by atoms with Gasteiger partial charge in [0.2, 0.25) is 5.91 Å². The molecule has 0 spiro atoms. The summed E-state index contributed by atoms with van der Waals surface area (Å²) < 4.78 is 1.87. The van der Waals surface area contributed by atoms with Crippen LogP contribution in [0, 0.1) is 11.8 Å². The second-order valence-corrected chi connectivity index (χ2v) is 9.50. The highest BCUT2D eigenvalue weighted by molar-refractivity contribution is 7.99. The molecule has 1 aliphatic carbocycles. The van der Waals surface area contributed by atoms with E-state index in [4.69, 9.17) is 4.98 Å². The van der Waals surface area contributed by atoms with Gasteiger partial charge in [-0.2, -0.15) is 0 Å². The SMILES string of the molecule is C[C@@H]1C[C@@H](C)CN(C(=O)CSc2nc3ccccc3c(=O)n2C2CCCC2)C1. The molecule has 1 saturated heterocycles. The van der Waals surface area contributed by atoms with Crippen LogP contribution in [0.4, 0.5) is 0 Å². The highest BCUT2D eigenvalue weighted by Crippen LogP contribution is 2.32. The molecular formula is C22H29N3O2S. The Kier molecular flexibility index (Phi) is 5.76. The molecule has 1 saturated carbocycles. The van der Waals surface area contributed by atoms with Crippen LogP contribution in [0.1, 0.15) is 52.0 Å². The molecule has 6 heteroatoms. The molecule has 0 radical (unpaired) electrons. The first-order valence-electron chi connectivity index (χ1n) is 10.4. The van der Waals surface area contributed by atoms with E-state index in [-0.39, 0.29) is 17.5 Å². The van der Waals surface area contributed by atoms with Gasteiger partial charge in [-0.15, -0.1) is 0 Å². The minimum Gasteiger partial charge on any atom is -0.341 e. The van der Waals surface area contributed by atoms with Crippen molar-refractivity contribution in [2.75, 3.05) is 18.8 Å². The van der Waals surface area contributed by atoms with Gasteiger partial charge < -0.3 is 4.90 Å². The van der Waals surface area contributed by atoms with E-state index in [1.54, 1.807) is 0 Å². The van der Waals surface area contributed by atoms with E-state index in [2.05, 4.69) is 13.8 Å². The average Bonchev–Trinajstić information content (AvgIpc) is 3.19. The third kappa shape index (κ3) is 3.97. The second kappa shape index (κ2) is 8.27. The number of piperidine rings is 1. The number of likely N-dealkylation sites (tertiary alicyclic amines) is 1. The summed E-state index contributed by atoms with van der Waals surface area (Å²) >= 11 is 1.43. The summed E-state index contributed by atoms with van der Waals surface area (Å²) in [5.74, 6) is 1.60. The molecule has 1 aromatic carbocycles. The number of hydrogen-bond donors (Lipinski definition) is 0. The lowest BCUT2D eigenvalue weighted by molar-refractivity contribution is -0.130. The molecule has 2 heterocycles. The van der Waals surface area contributed by atoms with E-state index in [0.29, 0.717) is 28.1 Å². The fourth-order valence-corrected chi connectivity index (χ4v) is 5.77. The number of para-hydroxylation sites is 1. The van der Waals surface area contributed by atoms with Crippen molar-refractivity contribution < 1.29 is 4.79 Å². The van der Waals surface area contributed by atoms with Crippen molar-refractivity contribution in [3.8, 4) is 0 Å². The van der Waals surface area contributed by atoms with Gasteiger partial charge in [-0.3, -0.25) is 14.2 Å². The molecule has 2 atom stereocenters. The van der Waals surface area contributed by atoms with Crippen molar-refractivity contribution in [1.82, 2.24) is 14.5 Å². The number of amides is 1. The van der Waals surface area contributed by atoms with Gasteiger partial charge in [-0.05, 0) is 43.2 Å². The third-order valence-electron chi connectivity index (χ3n) is 6.01. The molecule has 0 N–H and O–H groups in total. The van der Waals surface area contributed by atoms with Gasteiger partial charge in [0.05, 0.1) is 16.7 Å². The Hall–Kier alpha value is -1.82. The van der Waals surface area contributed by atoms with Crippen LogP contribution in [-0.4, -0.2) is 39.2 Å². The van der Waals surface area contributed by atoms with Gasteiger partial charge in [0.1, 0.15) is 0 Å². The van der Waals surface area contributed by atoms with Gasteiger partial charge in [0.25, 0.3) is 5.56 Å². The molecule has 150 valence electrons. The van der Waals surface area contributed by atoms with E-state index in [1.807, 2.05) is 33.7 Å². The maximum absolute atomic E-state index is 13.2. The van der Waals surface area contributed by atoms with Crippen LogP contribution in [0.2, 0.25) is 0 Å². The van der Waals surface area contributed by atoms with Crippen LogP contribution in [0.25, 0.3) is 10.9 Å². The Morgan fingerprint density at radius 1 is 1.14 bits per heavy atom. The van der Waals surface area contributed by atoms with Crippen LogP contribution in [0.5, 0.6) is 0 Å². The number of nitrogens with zero attached hydrogens (tertiary/aromatic N) is 3. The molecule has 1 aromatic heterocycles. The minimum atomic E-state index is 0.0349. The topological polar surface area (TPSA) is 55.2 Å². The first-order chi connectivity index (χ1) is 13.5. The lowest BCUT2D eigenvalue weighted by Crippen LogP contribution is -2.43.